The van der Waals surface area contributed by atoms with Gasteiger partial charge in [-0.2, -0.15) is 0 Å². The first kappa shape index (κ1) is 15.8. The highest BCUT2D eigenvalue weighted by Gasteiger charge is 2.06. The molecule has 0 saturated heterocycles. The van der Waals surface area contributed by atoms with Crippen LogP contribution < -0.4 is 5.32 Å². The zero-order chi connectivity index (χ0) is 15.1. The number of nitrogens with one attached hydrogen (secondary N) is 1. The topological polar surface area (TPSA) is 38.3 Å². The average Bonchev–Trinajstić information content (AvgIpc) is 2.48. The van der Waals surface area contributed by atoms with E-state index in [4.69, 9.17) is 27.9 Å². The van der Waals surface area contributed by atoms with Crippen molar-refractivity contribution in [3.8, 4) is 0 Å². The molecular formula is C16H15Cl2NO2. The van der Waals surface area contributed by atoms with Crippen LogP contribution in [0.1, 0.15) is 12.0 Å². The van der Waals surface area contributed by atoms with E-state index in [1.165, 1.54) is 0 Å². The van der Waals surface area contributed by atoms with Crippen molar-refractivity contribution in [1.29, 1.82) is 0 Å². The second kappa shape index (κ2) is 8.03. The van der Waals surface area contributed by atoms with Crippen molar-refractivity contribution in [2.75, 3.05) is 11.9 Å². The number of anilines is 1. The summed E-state index contributed by atoms with van der Waals surface area (Å²) in [6, 6.07) is 14.8. The summed E-state index contributed by atoms with van der Waals surface area (Å²) in [6.45, 7) is 0.849. The van der Waals surface area contributed by atoms with E-state index in [0.29, 0.717) is 28.9 Å². The second-order valence-electron chi connectivity index (χ2n) is 4.46. The summed E-state index contributed by atoms with van der Waals surface area (Å²) in [5, 5.41) is 3.68. The Morgan fingerprint density at radius 3 is 2.57 bits per heavy atom. The van der Waals surface area contributed by atoms with Crippen molar-refractivity contribution in [2.45, 2.75) is 13.0 Å². The van der Waals surface area contributed by atoms with Crippen molar-refractivity contribution >= 4 is 34.8 Å². The molecule has 1 amide bonds. The van der Waals surface area contributed by atoms with Crippen LogP contribution in [-0.4, -0.2) is 12.5 Å². The Morgan fingerprint density at radius 1 is 1.10 bits per heavy atom. The fourth-order valence-electron chi connectivity index (χ4n) is 1.73. The van der Waals surface area contributed by atoms with Gasteiger partial charge in [-0.15, -0.1) is 0 Å². The molecule has 2 aromatic rings. The molecule has 0 saturated carbocycles. The van der Waals surface area contributed by atoms with Crippen LogP contribution in [0.15, 0.2) is 48.5 Å². The number of carbonyl (C=O) groups excluding carboxylic acids is 1. The zero-order valence-corrected chi connectivity index (χ0v) is 12.8. The minimum Gasteiger partial charge on any atom is -0.376 e. The van der Waals surface area contributed by atoms with Crippen molar-refractivity contribution in [3.05, 3.63) is 64.1 Å². The van der Waals surface area contributed by atoms with Crippen molar-refractivity contribution < 1.29 is 9.53 Å². The monoisotopic (exact) mass is 323 g/mol. The molecule has 0 aliphatic rings. The smallest absolute Gasteiger partial charge is 0.226 e. The molecule has 110 valence electrons. The highest BCUT2D eigenvalue weighted by molar-refractivity contribution is 6.36. The summed E-state index contributed by atoms with van der Waals surface area (Å²) in [4.78, 5) is 11.8. The van der Waals surface area contributed by atoms with E-state index in [1.807, 2.05) is 30.3 Å². The van der Waals surface area contributed by atoms with Crippen LogP contribution in [0.5, 0.6) is 0 Å². The maximum absolute atomic E-state index is 11.8. The minimum absolute atomic E-state index is 0.146. The number of hydrogen-bond acceptors (Lipinski definition) is 2. The molecule has 0 fully saturated rings. The van der Waals surface area contributed by atoms with Crippen LogP contribution in [-0.2, 0) is 16.1 Å². The Bertz CT molecular complexity index is 602. The third-order valence-corrected chi connectivity index (χ3v) is 3.34. The van der Waals surface area contributed by atoms with E-state index >= 15 is 0 Å². The number of amides is 1. The molecule has 0 heterocycles. The molecule has 0 radical (unpaired) electrons. The molecule has 5 heteroatoms. The fraction of sp³-hybridized carbons (Fsp3) is 0.188. The largest absolute Gasteiger partial charge is 0.376 e. The SMILES string of the molecule is O=C(CCOCc1ccccc1)Nc1ccc(Cl)cc1Cl. The molecule has 0 atom stereocenters. The quantitative estimate of drug-likeness (QED) is 0.792. The van der Waals surface area contributed by atoms with E-state index in [1.54, 1.807) is 18.2 Å². The van der Waals surface area contributed by atoms with E-state index in [9.17, 15) is 4.79 Å². The number of carbonyl (C=O) groups is 1. The van der Waals surface area contributed by atoms with Gasteiger partial charge in [-0.1, -0.05) is 53.5 Å². The molecule has 0 aromatic heterocycles. The predicted octanol–water partition coefficient (Wildman–Crippen LogP) is 4.54. The Hall–Kier alpha value is -1.55. The lowest BCUT2D eigenvalue weighted by molar-refractivity contribution is -0.117. The number of benzene rings is 2. The average molecular weight is 324 g/mol. The predicted molar refractivity (Wildman–Crippen MR) is 85.8 cm³/mol. The summed E-state index contributed by atoms with van der Waals surface area (Å²) >= 11 is 11.8. The lowest BCUT2D eigenvalue weighted by Gasteiger charge is -2.08. The number of ether oxygens (including phenoxy) is 1. The van der Waals surface area contributed by atoms with E-state index in [-0.39, 0.29) is 12.3 Å². The third kappa shape index (κ3) is 5.38. The van der Waals surface area contributed by atoms with E-state index in [2.05, 4.69) is 5.32 Å². The molecule has 21 heavy (non-hydrogen) atoms. The third-order valence-electron chi connectivity index (χ3n) is 2.79. The minimum atomic E-state index is -0.146. The molecule has 1 N–H and O–H groups in total. The molecule has 0 unspecified atom stereocenters. The number of halogens is 2. The Labute approximate surface area is 133 Å². The number of hydrogen-bond donors (Lipinski definition) is 1. The summed E-state index contributed by atoms with van der Waals surface area (Å²) < 4.78 is 5.46. The molecule has 3 nitrogen and oxygen atoms in total. The second-order valence-corrected chi connectivity index (χ2v) is 5.30. The van der Waals surface area contributed by atoms with Crippen molar-refractivity contribution in [1.82, 2.24) is 0 Å². The Kier molecular flexibility index (Phi) is 6.05. The van der Waals surface area contributed by atoms with Crippen LogP contribution in [0.4, 0.5) is 5.69 Å². The first-order valence-corrected chi connectivity index (χ1v) is 7.27. The van der Waals surface area contributed by atoms with Crippen molar-refractivity contribution in [3.63, 3.8) is 0 Å². The van der Waals surface area contributed by atoms with Crippen LogP contribution in [0, 0.1) is 0 Å². The van der Waals surface area contributed by atoms with Gasteiger partial charge >= 0.3 is 0 Å². The van der Waals surface area contributed by atoms with Gasteiger partial charge in [0.2, 0.25) is 5.91 Å². The lowest BCUT2D eigenvalue weighted by atomic mass is 10.2. The summed E-state index contributed by atoms with van der Waals surface area (Å²) in [5.41, 5.74) is 1.63. The van der Waals surface area contributed by atoms with Gasteiger partial charge < -0.3 is 10.1 Å². The standard InChI is InChI=1S/C16H15Cl2NO2/c17-13-6-7-15(14(18)10-13)19-16(20)8-9-21-11-12-4-2-1-3-5-12/h1-7,10H,8-9,11H2,(H,19,20). The highest BCUT2D eigenvalue weighted by atomic mass is 35.5. The first-order chi connectivity index (χ1) is 10.1. The Morgan fingerprint density at radius 2 is 1.86 bits per heavy atom. The lowest BCUT2D eigenvalue weighted by Crippen LogP contribution is -2.14. The van der Waals surface area contributed by atoms with Gasteiger partial charge in [0.05, 0.1) is 30.3 Å². The molecule has 0 bridgehead atoms. The van der Waals surface area contributed by atoms with Gasteiger partial charge in [0, 0.05) is 5.02 Å². The number of rotatable bonds is 6. The summed E-state index contributed by atoms with van der Waals surface area (Å²) in [5.74, 6) is -0.146. The zero-order valence-electron chi connectivity index (χ0n) is 11.3. The van der Waals surface area contributed by atoms with Crippen molar-refractivity contribution in [2.24, 2.45) is 0 Å². The van der Waals surface area contributed by atoms with Crippen LogP contribution in [0.2, 0.25) is 10.0 Å². The van der Waals surface area contributed by atoms with Gasteiger partial charge in [0.1, 0.15) is 0 Å². The summed E-state index contributed by atoms with van der Waals surface area (Å²) in [7, 11) is 0. The van der Waals surface area contributed by atoms with Gasteiger partial charge in [0.15, 0.2) is 0 Å². The van der Waals surface area contributed by atoms with Gasteiger partial charge in [-0.3, -0.25) is 4.79 Å². The van der Waals surface area contributed by atoms with E-state index < -0.39 is 0 Å². The molecular weight excluding hydrogens is 309 g/mol. The van der Waals surface area contributed by atoms with Crippen LogP contribution in [0.25, 0.3) is 0 Å². The van der Waals surface area contributed by atoms with Crippen LogP contribution in [0.3, 0.4) is 0 Å². The highest BCUT2D eigenvalue weighted by Crippen LogP contribution is 2.25. The molecule has 0 spiro atoms. The molecule has 2 aromatic carbocycles. The van der Waals surface area contributed by atoms with Gasteiger partial charge in [-0.05, 0) is 23.8 Å². The maximum atomic E-state index is 11.8. The summed E-state index contributed by atoms with van der Waals surface area (Å²) in [6.07, 6.45) is 0.270. The van der Waals surface area contributed by atoms with Crippen LogP contribution >= 0.6 is 23.2 Å². The molecule has 2 rings (SSSR count). The van der Waals surface area contributed by atoms with Gasteiger partial charge in [0.25, 0.3) is 0 Å². The normalized spacial score (nSPS) is 10.4. The first-order valence-electron chi connectivity index (χ1n) is 6.52. The molecule has 0 aliphatic carbocycles. The van der Waals surface area contributed by atoms with Gasteiger partial charge in [-0.25, -0.2) is 0 Å². The fourth-order valence-corrected chi connectivity index (χ4v) is 2.19. The maximum Gasteiger partial charge on any atom is 0.226 e. The van der Waals surface area contributed by atoms with E-state index in [0.717, 1.165) is 5.56 Å². The Balaban J connectivity index is 1.72. The molecule has 0 aliphatic heterocycles.